The minimum atomic E-state index is -0.610. The van der Waals surface area contributed by atoms with E-state index in [0.29, 0.717) is 0 Å². The molecule has 7 nitrogen and oxygen atoms in total. The quantitative estimate of drug-likeness (QED) is 0.222. The topological polar surface area (TPSA) is 117 Å². The first-order valence-corrected chi connectivity index (χ1v) is 9.41. The summed E-state index contributed by atoms with van der Waals surface area (Å²) in [4.78, 5) is 28.1. The molecule has 3 N–H and O–H groups in total. The van der Waals surface area contributed by atoms with Crippen LogP contribution in [0.3, 0.4) is 0 Å². The van der Waals surface area contributed by atoms with Crippen molar-refractivity contribution in [3.63, 3.8) is 0 Å². The van der Waals surface area contributed by atoms with E-state index in [0.717, 1.165) is 5.56 Å². The Morgan fingerprint density at radius 2 is 1.19 bits per heavy atom. The number of carbonyl (C=O) groups is 2. The molecule has 1 heterocycles. The van der Waals surface area contributed by atoms with E-state index in [4.69, 9.17) is 15.5 Å². The van der Waals surface area contributed by atoms with Gasteiger partial charge in [-0.1, -0.05) is 36.4 Å². The first-order valence-electron chi connectivity index (χ1n) is 9.41. The smallest absolute Gasteiger partial charge is 0.155 e. The van der Waals surface area contributed by atoms with Crippen LogP contribution in [0.4, 0.5) is 0 Å². The molecule has 0 unspecified atom stereocenters. The van der Waals surface area contributed by atoms with Crippen LogP contribution in [0.5, 0.6) is 0 Å². The molecule has 32 heavy (non-hydrogen) atoms. The van der Waals surface area contributed by atoms with Crippen LogP contribution in [0.15, 0.2) is 84.6 Å². The fourth-order valence-corrected chi connectivity index (χ4v) is 1.79. The zero-order valence-corrected chi connectivity index (χ0v) is 20.3. The summed E-state index contributed by atoms with van der Waals surface area (Å²) in [7, 11) is 0. The maximum Gasteiger partial charge on any atom is 0.155 e. The predicted octanol–water partition coefficient (Wildman–Crippen LogP) is 5.56. The van der Waals surface area contributed by atoms with E-state index in [-0.39, 0.29) is 39.9 Å². The Hall–Kier alpha value is -2.78. The fraction of sp³-hybridized carbons (Fsp3) is 0.292. The second-order valence-electron chi connectivity index (χ2n) is 6.78. The molecule has 2 rings (SSSR count). The molecule has 1 aromatic heterocycles. The van der Waals surface area contributed by atoms with Crippen molar-refractivity contribution in [2.45, 2.75) is 47.1 Å². The van der Waals surface area contributed by atoms with Gasteiger partial charge < -0.3 is 10.2 Å². The molecule has 8 heteroatoms. The van der Waals surface area contributed by atoms with Crippen molar-refractivity contribution in [3.05, 3.63) is 90.2 Å². The minimum Gasteiger partial charge on any atom is -0.512 e. The predicted molar refractivity (Wildman–Crippen MR) is 122 cm³/mol. The summed E-state index contributed by atoms with van der Waals surface area (Å²) in [5, 5.41) is 25.3. The molecule has 2 aromatic rings. The van der Waals surface area contributed by atoms with Crippen LogP contribution in [0.25, 0.3) is 0 Å². The maximum absolute atomic E-state index is 10.0. The zero-order valence-electron chi connectivity index (χ0n) is 19.3. The second kappa shape index (κ2) is 20.1. The molecule has 179 valence electrons. The number of benzene rings is 1. The number of hydrogen-bond donors (Lipinski definition) is 3. The van der Waals surface area contributed by atoms with Gasteiger partial charge in [0.1, 0.15) is 5.60 Å². The minimum absolute atomic E-state index is 0. The fourth-order valence-electron chi connectivity index (χ4n) is 1.79. The van der Waals surface area contributed by atoms with Crippen LogP contribution < -0.4 is 0 Å². The molecule has 0 atom stereocenters. The van der Waals surface area contributed by atoms with Gasteiger partial charge in [0.05, 0.1) is 11.5 Å². The number of pyridine rings is 1. The van der Waals surface area contributed by atoms with E-state index in [1.165, 1.54) is 39.8 Å². The molecule has 0 aliphatic carbocycles. The Labute approximate surface area is 200 Å². The van der Waals surface area contributed by atoms with E-state index in [9.17, 15) is 9.59 Å². The van der Waals surface area contributed by atoms with Crippen LogP contribution >= 0.6 is 0 Å². The third-order valence-electron chi connectivity index (χ3n) is 3.09. The summed E-state index contributed by atoms with van der Waals surface area (Å²) in [5.41, 5.74) is 0.351. The van der Waals surface area contributed by atoms with Gasteiger partial charge in [0.15, 0.2) is 11.6 Å². The third kappa shape index (κ3) is 23.5. The first-order chi connectivity index (χ1) is 14.4. The molecule has 0 aliphatic heterocycles. The van der Waals surface area contributed by atoms with Crippen molar-refractivity contribution in [2.24, 2.45) is 0 Å². The van der Waals surface area contributed by atoms with Gasteiger partial charge in [-0.15, -0.1) is 0 Å². The molecule has 1 aromatic carbocycles. The first kappa shape index (κ1) is 33.8. The van der Waals surface area contributed by atoms with Gasteiger partial charge in [-0.05, 0) is 59.2 Å². The normalized spacial score (nSPS) is 10.5. The van der Waals surface area contributed by atoms with Gasteiger partial charge in [-0.2, -0.15) is 0 Å². The van der Waals surface area contributed by atoms with Crippen molar-refractivity contribution < 1.29 is 46.7 Å². The van der Waals surface area contributed by atoms with E-state index in [1.54, 1.807) is 12.4 Å². The summed E-state index contributed by atoms with van der Waals surface area (Å²) in [6.45, 7) is 9.31. The molecule has 0 bridgehead atoms. The second-order valence-corrected chi connectivity index (χ2v) is 6.78. The molecule has 1 radical (unpaired) electrons. The van der Waals surface area contributed by atoms with Crippen molar-refractivity contribution in [3.8, 4) is 0 Å². The Balaban J connectivity index is -0.000000358. The van der Waals surface area contributed by atoms with Gasteiger partial charge in [0, 0.05) is 41.3 Å². The number of ketones is 2. The molecule has 0 fully saturated rings. The van der Waals surface area contributed by atoms with E-state index in [2.05, 4.69) is 9.87 Å². The van der Waals surface area contributed by atoms with Crippen molar-refractivity contribution in [1.29, 1.82) is 0 Å². The molecule has 0 saturated heterocycles. The molecular formula is C24H33CoNO6. The van der Waals surface area contributed by atoms with Gasteiger partial charge >= 0.3 is 0 Å². The monoisotopic (exact) mass is 490 g/mol. The van der Waals surface area contributed by atoms with Crippen LogP contribution in [-0.4, -0.2) is 32.0 Å². The summed E-state index contributed by atoms with van der Waals surface area (Å²) in [6.07, 6.45) is 5.83. The SMILES string of the molecule is CC(=O)/C=C(/C)O.CC(=O)/C=C(/C)O.CC(C)(OO)c1ccccc1.[Co].c1ccncc1. The van der Waals surface area contributed by atoms with E-state index >= 15 is 0 Å². The van der Waals surface area contributed by atoms with Gasteiger partial charge in [-0.3, -0.25) is 19.8 Å². The number of hydrogen-bond acceptors (Lipinski definition) is 7. The largest absolute Gasteiger partial charge is 0.512 e. The Kier molecular flexibility index (Phi) is 21.3. The van der Waals surface area contributed by atoms with Gasteiger partial charge in [0.2, 0.25) is 0 Å². The number of allylic oxidation sites excluding steroid dienone is 4. The van der Waals surface area contributed by atoms with Crippen LogP contribution in [0.1, 0.15) is 47.1 Å². The van der Waals surface area contributed by atoms with Crippen molar-refractivity contribution in [2.75, 3.05) is 0 Å². The van der Waals surface area contributed by atoms with E-state index in [1.807, 2.05) is 62.4 Å². The number of aromatic nitrogens is 1. The van der Waals surface area contributed by atoms with Gasteiger partial charge in [0.25, 0.3) is 0 Å². The molecule has 0 saturated carbocycles. The van der Waals surface area contributed by atoms with Crippen LogP contribution in [0.2, 0.25) is 0 Å². The molecule has 0 aliphatic rings. The van der Waals surface area contributed by atoms with Crippen molar-refractivity contribution in [1.82, 2.24) is 4.98 Å². The third-order valence-corrected chi connectivity index (χ3v) is 3.09. The molecule has 0 spiro atoms. The Morgan fingerprint density at radius 3 is 1.38 bits per heavy atom. The Morgan fingerprint density at radius 1 is 0.812 bits per heavy atom. The molecule has 0 amide bonds. The molecular weight excluding hydrogens is 457 g/mol. The number of nitrogens with zero attached hydrogens (tertiary/aromatic N) is 1. The van der Waals surface area contributed by atoms with E-state index < -0.39 is 5.60 Å². The standard InChI is InChI=1S/C9H12O2.C5H5N.2C5H8O2.Co/c1-9(2,11-10)8-6-4-3-5-7-8;1-2-4-6-5-3-1;2*1-4(6)3-5(2)7;/h3-7,10H,1-2H3;1-5H;2*3,6H,1-2H3;/b;;2*4-3-;. The summed E-state index contributed by atoms with van der Waals surface area (Å²) >= 11 is 0. The summed E-state index contributed by atoms with van der Waals surface area (Å²) < 4.78 is 0. The Bertz CT molecular complexity index is 743. The number of rotatable bonds is 4. The summed E-state index contributed by atoms with van der Waals surface area (Å²) in [5.74, 6) is -0.125. The summed E-state index contributed by atoms with van der Waals surface area (Å²) in [6, 6.07) is 15.3. The number of aliphatic hydroxyl groups is 2. The zero-order chi connectivity index (χ0) is 24.3. The number of carbonyl (C=O) groups excluding carboxylic acids is 2. The van der Waals surface area contributed by atoms with Crippen LogP contribution in [-0.2, 0) is 36.9 Å². The maximum atomic E-state index is 10.0. The van der Waals surface area contributed by atoms with Crippen LogP contribution in [0, 0.1) is 0 Å². The average molecular weight is 490 g/mol. The van der Waals surface area contributed by atoms with Gasteiger partial charge in [-0.25, -0.2) is 4.89 Å². The van der Waals surface area contributed by atoms with Crippen molar-refractivity contribution >= 4 is 11.6 Å². The number of aliphatic hydroxyl groups excluding tert-OH is 2. The average Bonchev–Trinajstić information content (AvgIpc) is 2.69.